The van der Waals surface area contributed by atoms with Crippen LogP contribution in [0.5, 0.6) is 5.75 Å². The fourth-order valence-electron chi connectivity index (χ4n) is 2.77. The minimum Gasteiger partial charge on any atom is -0.410 e. The standard InChI is InChI=1S/C18H22N4O3/c1-12(2)15-10-16(21-20-15)17(23)22-9-8-13(11-22)19-18(24)25-14-6-4-3-5-7-14/h3-7,10,12-13H,8-9,11H2,1-2H3,(H,19,24)(H,20,21). The molecule has 2 N–H and O–H groups in total. The Bertz CT molecular complexity index is 742. The van der Waals surface area contributed by atoms with Gasteiger partial charge in [0.05, 0.1) is 11.7 Å². The number of benzene rings is 1. The van der Waals surface area contributed by atoms with Crippen LogP contribution < -0.4 is 10.1 Å². The second kappa shape index (κ2) is 7.38. The van der Waals surface area contributed by atoms with Crippen LogP contribution in [0.3, 0.4) is 0 Å². The number of carbonyl (C=O) groups excluding carboxylic acids is 2. The summed E-state index contributed by atoms with van der Waals surface area (Å²) in [4.78, 5) is 26.2. The van der Waals surface area contributed by atoms with E-state index in [-0.39, 0.29) is 17.9 Å². The topological polar surface area (TPSA) is 87.3 Å². The number of rotatable bonds is 4. The summed E-state index contributed by atoms with van der Waals surface area (Å²) < 4.78 is 5.22. The number of nitrogens with zero attached hydrogens (tertiary/aromatic N) is 2. The van der Waals surface area contributed by atoms with Gasteiger partial charge in [-0.15, -0.1) is 0 Å². The number of hydrogen-bond donors (Lipinski definition) is 2. The summed E-state index contributed by atoms with van der Waals surface area (Å²) in [6, 6.07) is 10.6. The van der Waals surface area contributed by atoms with Crippen molar-refractivity contribution in [3.05, 3.63) is 47.8 Å². The van der Waals surface area contributed by atoms with Gasteiger partial charge in [0.1, 0.15) is 11.4 Å². The molecule has 7 nitrogen and oxygen atoms in total. The quantitative estimate of drug-likeness (QED) is 0.894. The molecule has 25 heavy (non-hydrogen) atoms. The van der Waals surface area contributed by atoms with Crippen LogP contribution in [-0.4, -0.2) is 46.2 Å². The van der Waals surface area contributed by atoms with Gasteiger partial charge >= 0.3 is 6.09 Å². The van der Waals surface area contributed by atoms with Gasteiger partial charge in [0, 0.05) is 13.1 Å². The second-order valence-electron chi connectivity index (χ2n) is 6.44. The number of ether oxygens (including phenoxy) is 1. The molecule has 1 aromatic carbocycles. The Hall–Kier alpha value is -2.83. The highest BCUT2D eigenvalue weighted by molar-refractivity contribution is 5.92. The lowest BCUT2D eigenvalue weighted by Crippen LogP contribution is -2.39. The van der Waals surface area contributed by atoms with Crippen LogP contribution in [0.1, 0.15) is 42.4 Å². The number of hydrogen-bond acceptors (Lipinski definition) is 4. The maximum atomic E-state index is 12.5. The molecule has 7 heteroatoms. The molecule has 3 rings (SSSR count). The average Bonchev–Trinajstić information content (AvgIpc) is 3.24. The van der Waals surface area contributed by atoms with Crippen molar-refractivity contribution in [1.82, 2.24) is 20.4 Å². The molecule has 1 saturated heterocycles. The summed E-state index contributed by atoms with van der Waals surface area (Å²) in [6.07, 6.45) is 0.190. The van der Waals surface area contributed by atoms with E-state index in [4.69, 9.17) is 4.74 Å². The van der Waals surface area contributed by atoms with Crippen molar-refractivity contribution in [2.75, 3.05) is 13.1 Å². The fourth-order valence-corrected chi connectivity index (χ4v) is 2.77. The summed E-state index contributed by atoms with van der Waals surface area (Å²) in [7, 11) is 0. The van der Waals surface area contributed by atoms with Crippen LogP contribution in [0.15, 0.2) is 36.4 Å². The number of carbonyl (C=O) groups is 2. The van der Waals surface area contributed by atoms with Gasteiger partial charge in [-0.25, -0.2) is 4.79 Å². The molecule has 2 aromatic rings. The van der Waals surface area contributed by atoms with E-state index >= 15 is 0 Å². The third-order valence-electron chi connectivity index (χ3n) is 4.17. The van der Waals surface area contributed by atoms with Crippen molar-refractivity contribution >= 4 is 12.0 Å². The highest BCUT2D eigenvalue weighted by atomic mass is 16.6. The van der Waals surface area contributed by atoms with Gasteiger partial charge in [-0.3, -0.25) is 9.89 Å². The van der Waals surface area contributed by atoms with Gasteiger partial charge in [-0.05, 0) is 30.5 Å². The Balaban J connectivity index is 1.52. The minimum absolute atomic E-state index is 0.0971. The van der Waals surface area contributed by atoms with E-state index in [2.05, 4.69) is 15.5 Å². The van der Waals surface area contributed by atoms with E-state index in [0.717, 1.165) is 5.69 Å². The lowest BCUT2D eigenvalue weighted by atomic mass is 10.1. The zero-order chi connectivity index (χ0) is 17.8. The number of aromatic amines is 1. The highest BCUT2D eigenvalue weighted by Crippen LogP contribution is 2.17. The zero-order valence-electron chi connectivity index (χ0n) is 14.4. The van der Waals surface area contributed by atoms with E-state index in [1.165, 1.54) is 0 Å². The molecule has 2 amide bonds. The lowest BCUT2D eigenvalue weighted by Gasteiger charge is -2.16. The van der Waals surface area contributed by atoms with Crippen molar-refractivity contribution < 1.29 is 14.3 Å². The molecule has 1 atom stereocenters. The summed E-state index contributed by atoms with van der Waals surface area (Å²) in [5.74, 6) is 0.656. The smallest absolute Gasteiger partial charge is 0.410 e. The van der Waals surface area contributed by atoms with Crippen LogP contribution in [0.4, 0.5) is 4.79 Å². The van der Waals surface area contributed by atoms with E-state index in [1.54, 1.807) is 35.2 Å². The van der Waals surface area contributed by atoms with Gasteiger partial charge in [0.15, 0.2) is 0 Å². The normalized spacial score (nSPS) is 16.9. The third kappa shape index (κ3) is 4.17. The second-order valence-corrected chi connectivity index (χ2v) is 6.44. The Morgan fingerprint density at radius 1 is 1.32 bits per heavy atom. The zero-order valence-corrected chi connectivity index (χ0v) is 14.4. The molecule has 0 spiro atoms. The molecular weight excluding hydrogens is 320 g/mol. The number of aromatic nitrogens is 2. The highest BCUT2D eigenvalue weighted by Gasteiger charge is 2.29. The summed E-state index contributed by atoms with van der Waals surface area (Å²) in [6.45, 7) is 5.10. The van der Waals surface area contributed by atoms with Crippen LogP contribution in [0.25, 0.3) is 0 Å². The van der Waals surface area contributed by atoms with Crippen LogP contribution in [0, 0.1) is 0 Å². The van der Waals surface area contributed by atoms with Crippen LogP contribution >= 0.6 is 0 Å². The Morgan fingerprint density at radius 3 is 2.76 bits per heavy atom. The van der Waals surface area contributed by atoms with Gasteiger partial charge in [-0.1, -0.05) is 32.0 Å². The van der Waals surface area contributed by atoms with Gasteiger partial charge in [0.2, 0.25) is 0 Å². The molecule has 1 unspecified atom stereocenters. The van der Waals surface area contributed by atoms with Crippen molar-refractivity contribution in [2.45, 2.75) is 32.2 Å². The predicted molar refractivity (Wildman–Crippen MR) is 92.6 cm³/mol. The molecule has 132 valence electrons. The first-order valence-corrected chi connectivity index (χ1v) is 8.41. The molecule has 1 aromatic heterocycles. The Morgan fingerprint density at radius 2 is 2.08 bits per heavy atom. The monoisotopic (exact) mass is 342 g/mol. The molecule has 1 aliphatic rings. The first-order valence-electron chi connectivity index (χ1n) is 8.41. The molecular formula is C18H22N4O3. The molecule has 0 aliphatic carbocycles. The van der Waals surface area contributed by atoms with Gasteiger partial charge in [0.25, 0.3) is 5.91 Å². The molecule has 1 fully saturated rings. The van der Waals surface area contributed by atoms with E-state index in [1.807, 2.05) is 19.9 Å². The third-order valence-corrected chi connectivity index (χ3v) is 4.17. The first-order chi connectivity index (χ1) is 12.0. The largest absolute Gasteiger partial charge is 0.412 e. The molecule has 0 radical (unpaired) electrons. The van der Waals surface area contributed by atoms with E-state index < -0.39 is 6.09 Å². The minimum atomic E-state index is -0.505. The maximum Gasteiger partial charge on any atom is 0.412 e. The summed E-state index contributed by atoms with van der Waals surface area (Å²) >= 11 is 0. The average molecular weight is 342 g/mol. The molecule has 0 bridgehead atoms. The maximum absolute atomic E-state index is 12.5. The predicted octanol–water partition coefficient (Wildman–Crippen LogP) is 2.54. The van der Waals surface area contributed by atoms with Crippen molar-refractivity contribution in [1.29, 1.82) is 0 Å². The van der Waals surface area contributed by atoms with Crippen molar-refractivity contribution in [3.63, 3.8) is 0 Å². The molecule has 0 saturated carbocycles. The fraction of sp³-hybridized carbons (Fsp3) is 0.389. The summed E-state index contributed by atoms with van der Waals surface area (Å²) in [5, 5.41) is 9.77. The lowest BCUT2D eigenvalue weighted by molar-refractivity contribution is 0.0783. The molecule has 2 heterocycles. The van der Waals surface area contributed by atoms with Gasteiger partial charge in [-0.2, -0.15) is 5.10 Å². The number of likely N-dealkylation sites (tertiary alicyclic amines) is 1. The first kappa shape index (κ1) is 17.0. The van der Waals surface area contributed by atoms with E-state index in [9.17, 15) is 9.59 Å². The number of H-pyrrole nitrogens is 1. The van der Waals surface area contributed by atoms with Crippen LogP contribution in [-0.2, 0) is 0 Å². The Labute approximate surface area is 146 Å². The van der Waals surface area contributed by atoms with Crippen molar-refractivity contribution in [2.24, 2.45) is 0 Å². The number of nitrogens with one attached hydrogen (secondary N) is 2. The number of amides is 2. The summed E-state index contributed by atoms with van der Waals surface area (Å²) in [5.41, 5.74) is 1.35. The SMILES string of the molecule is CC(C)c1cc(C(=O)N2CCC(NC(=O)Oc3ccccc3)C2)[nH]n1. The van der Waals surface area contributed by atoms with Gasteiger partial charge < -0.3 is 15.0 Å². The Kier molecular flexibility index (Phi) is 5.02. The van der Waals surface area contributed by atoms with E-state index in [0.29, 0.717) is 31.0 Å². The number of para-hydroxylation sites is 1. The van der Waals surface area contributed by atoms with Crippen LogP contribution in [0.2, 0.25) is 0 Å². The van der Waals surface area contributed by atoms with Crippen molar-refractivity contribution in [3.8, 4) is 5.75 Å². The molecule has 1 aliphatic heterocycles.